The molecule has 1 fully saturated rings. The molecule has 0 amide bonds. The SMILES string of the molecule is COC(=O)[C@@H]1CCC/C(=C\c2ccc(Cl)cc2)C1=O. The zero-order chi connectivity index (χ0) is 13.8. The highest BCUT2D eigenvalue weighted by atomic mass is 35.5. The topological polar surface area (TPSA) is 43.4 Å². The number of ether oxygens (including phenoxy) is 1. The summed E-state index contributed by atoms with van der Waals surface area (Å²) in [5.41, 5.74) is 1.60. The van der Waals surface area contributed by atoms with Crippen LogP contribution in [0.1, 0.15) is 24.8 Å². The van der Waals surface area contributed by atoms with Crippen LogP contribution in [0.3, 0.4) is 0 Å². The van der Waals surface area contributed by atoms with Gasteiger partial charge in [-0.25, -0.2) is 0 Å². The molecule has 19 heavy (non-hydrogen) atoms. The summed E-state index contributed by atoms with van der Waals surface area (Å²) in [6.07, 6.45) is 3.93. The van der Waals surface area contributed by atoms with Crippen LogP contribution in [0.4, 0.5) is 0 Å². The molecule has 1 aliphatic carbocycles. The van der Waals surface area contributed by atoms with E-state index in [0.29, 0.717) is 23.4 Å². The third-order valence-electron chi connectivity index (χ3n) is 3.27. The van der Waals surface area contributed by atoms with Crippen molar-refractivity contribution in [1.29, 1.82) is 0 Å². The highest BCUT2D eigenvalue weighted by molar-refractivity contribution is 6.30. The fraction of sp³-hybridized carbons (Fsp3) is 0.333. The van der Waals surface area contributed by atoms with Gasteiger partial charge in [-0.15, -0.1) is 0 Å². The number of benzene rings is 1. The molecule has 0 heterocycles. The Labute approximate surface area is 117 Å². The van der Waals surface area contributed by atoms with Crippen molar-refractivity contribution in [2.24, 2.45) is 5.92 Å². The molecule has 4 heteroatoms. The van der Waals surface area contributed by atoms with Crippen LogP contribution in [0.5, 0.6) is 0 Å². The Morgan fingerprint density at radius 3 is 2.68 bits per heavy atom. The van der Waals surface area contributed by atoms with Crippen LogP contribution in [0.25, 0.3) is 6.08 Å². The zero-order valence-electron chi connectivity index (χ0n) is 10.7. The lowest BCUT2D eigenvalue weighted by Crippen LogP contribution is -2.29. The van der Waals surface area contributed by atoms with Crippen molar-refractivity contribution in [2.75, 3.05) is 7.11 Å². The van der Waals surface area contributed by atoms with Crippen LogP contribution in [0.2, 0.25) is 5.02 Å². The predicted molar refractivity (Wildman–Crippen MR) is 73.8 cm³/mol. The number of methoxy groups -OCH3 is 1. The highest BCUT2D eigenvalue weighted by Gasteiger charge is 2.32. The van der Waals surface area contributed by atoms with E-state index in [4.69, 9.17) is 11.6 Å². The third-order valence-corrected chi connectivity index (χ3v) is 3.52. The molecule has 1 saturated carbocycles. The Morgan fingerprint density at radius 1 is 1.37 bits per heavy atom. The highest BCUT2D eigenvalue weighted by Crippen LogP contribution is 2.28. The molecule has 0 saturated heterocycles. The number of hydrogen-bond donors (Lipinski definition) is 0. The quantitative estimate of drug-likeness (QED) is 0.474. The number of allylic oxidation sites excluding steroid dienone is 1. The maximum Gasteiger partial charge on any atom is 0.316 e. The van der Waals surface area contributed by atoms with Gasteiger partial charge in [0.15, 0.2) is 5.78 Å². The summed E-state index contributed by atoms with van der Waals surface area (Å²) in [5.74, 6) is -1.20. The molecular formula is C15H15ClO3. The Bertz CT molecular complexity index is 517. The van der Waals surface area contributed by atoms with Crippen LogP contribution in [0.15, 0.2) is 29.8 Å². The molecule has 100 valence electrons. The third kappa shape index (κ3) is 3.24. The van der Waals surface area contributed by atoms with Crippen molar-refractivity contribution in [3.05, 3.63) is 40.4 Å². The first-order chi connectivity index (χ1) is 9.11. The first-order valence-corrected chi connectivity index (χ1v) is 6.58. The van der Waals surface area contributed by atoms with Gasteiger partial charge < -0.3 is 4.74 Å². The van der Waals surface area contributed by atoms with Crippen molar-refractivity contribution in [1.82, 2.24) is 0 Å². The zero-order valence-corrected chi connectivity index (χ0v) is 11.4. The van der Waals surface area contributed by atoms with E-state index in [1.165, 1.54) is 7.11 Å². The van der Waals surface area contributed by atoms with Crippen LogP contribution in [-0.2, 0) is 14.3 Å². The number of esters is 1. The van der Waals surface area contributed by atoms with E-state index < -0.39 is 11.9 Å². The van der Waals surface area contributed by atoms with Crippen molar-refractivity contribution in [3.63, 3.8) is 0 Å². The number of Topliss-reactive ketones (excluding diaryl/α,β-unsaturated/α-hetero) is 1. The van der Waals surface area contributed by atoms with Gasteiger partial charge in [0, 0.05) is 5.02 Å². The Kier molecular flexibility index (Phi) is 4.38. The molecule has 0 radical (unpaired) electrons. The molecular weight excluding hydrogens is 264 g/mol. The molecule has 0 bridgehead atoms. The molecule has 0 unspecified atom stereocenters. The van der Waals surface area contributed by atoms with E-state index in [0.717, 1.165) is 12.0 Å². The summed E-state index contributed by atoms with van der Waals surface area (Å²) in [6, 6.07) is 7.26. The second kappa shape index (κ2) is 6.02. The van der Waals surface area contributed by atoms with Gasteiger partial charge >= 0.3 is 5.97 Å². The van der Waals surface area contributed by atoms with Gasteiger partial charge in [0.25, 0.3) is 0 Å². The number of ketones is 1. The summed E-state index contributed by atoms with van der Waals surface area (Å²) in [7, 11) is 1.31. The van der Waals surface area contributed by atoms with E-state index in [9.17, 15) is 9.59 Å². The van der Waals surface area contributed by atoms with Gasteiger partial charge in [-0.1, -0.05) is 23.7 Å². The van der Waals surface area contributed by atoms with Gasteiger partial charge in [0.1, 0.15) is 5.92 Å². The van der Waals surface area contributed by atoms with E-state index >= 15 is 0 Å². The number of carbonyl (C=O) groups is 2. The molecule has 1 aliphatic rings. The van der Waals surface area contributed by atoms with Gasteiger partial charge in [0.05, 0.1) is 7.11 Å². The molecule has 0 aliphatic heterocycles. The summed E-state index contributed by atoms with van der Waals surface area (Å²) < 4.78 is 4.67. The lowest BCUT2D eigenvalue weighted by atomic mass is 9.83. The van der Waals surface area contributed by atoms with E-state index in [-0.39, 0.29) is 5.78 Å². The minimum absolute atomic E-state index is 0.118. The van der Waals surface area contributed by atoms with E-state index in [1.54, 1.807) is 12.1 Å². The molecule has 1 atom stereocenters. The van der Waals surface area contributed by atoms with Crippen LogP contribution in [0, 0.1) is 5.92 Å². The summed E-state index contributed by atoms with van der Waals surface area (Å²) in [6.45, 7) is 0. The molecule has 1 aromatic rings. The number of rotatable bonds is 2. The fourth-order valence-corrected chi connectivity index (χ4v) is 2.37. The van der Waals surface area contributed by atoms with Gasteiger partial charge in [-0.2, -0.15) is 0 Å². The summed E-state index contributed by atoms with van der Waals surface area (Å²) in [5, 5.41) is 0.657. The monoisotopic (exact) mass is 278 g/mol. The lowest BCUT2D eigenvalue weighted by Gasteiger charge is -2.20. The minimum atomic E-state index is -0.641. The van der Waals surface area contributed by atoms with Gasteiger partial charge in [0.2, 0.25) is 0 Å². The van der Waals surface area contributed by atoms with Crippen LogP contribution < -0.4 is 0 Å². The Hall–Kier alpha value is -1.61. The molecule has 0 spiro atoms. The lowest BCUT2D eigenvalue weighted by molar-refractivity contribution is -0.149. The van der Waals surface area contributed by atoms with Crippen LogP contribution in [-0.4, -0.2) is 18.9 Å². The second-order valence-electron chi connectivity index (χ2n) is 4.55. The number of halogens is 1. The predicted octanol–water partition coefficient (Wildman–Crippen LogP) is 3.27. The first kappa shape index (κ1) is 13.8. The van der Waals surface area contributed by atoms with Crippen molar-refractivity contribution in [3.8, 4) is 0 Å². The molecule has 3 nitrogen and oxygen atoms in total. The smallest absolute Gasteiger partial charge is 0.316 e. The van der Waals surface area contributed by atoms with Crippen molar-refractivity contribution < 1.29 is 14.3 Å². The maximum atomic E-state index is 12.2. The molecule has 1 aromatic carbocycles. The fourth-order valence-electron chi connectivity index (χ4n) is 2.25. The minimum Gasteiger partial charge on any atom is -0.468 e. The normalized spacial score (nSPS) is 21.5. The molecule has 0 aromatic heterocycles. The second-order valence-corrected chi connectivity index (χ2v) is 4.99. The number of carbonyl (C=O) groups excluding carboxylic acids is 2. The average Bonchev–Trinajstić information content (AvgIpc) is 2.43. The first-order valence-electron chi connectivity index (χ1n) is 6.20. The molecule has 0 N–H and O–H groups in total. The van der Waals surface area contributed by atoms with Gasteiger partial charge in [-0.3, -0.25) is 9.59 Å². The Morgan fingerprint density at radius 2 is 2.05 bits per heavy atom. The van der Waals surface area contributed by atoms with Crippen molar-refractivity contribution in [2.45, 2.75) is 19.3 Å². The number of hydrogen-bond acceptors (Lipinski definition) is 3. The largest absolute Gasteiger partial charge is 0.468 e. The van der Waals surface area contributed by atoms with E-state index in [1.807, 2.05) is 18.2 Å². The summed E-state index contributed by atoms with van der Waals surface area (Å²) >= 11 is 5.82. The van der Waals surface area contributed by atoms with Crippen LogP contribution >= 0.6 is 11.6 Å². The average molecular weight is 279 g/mol. The Balaban J connectivity index is 2.22. The summed E-state index contributed by atoms with van der Waals surface area (Å²) in [4.78, 5) is 23.7. The van der Waals surface area contributed by atoms with Gasteiger partial charge in [-0.05, 0) is 48.6 Å². The standard InChI is InChI=1S/C15H15ClO3/c1-19-15(18)13-4-2-3-11(14(13)17)9-10-5-7-12(16)8-6-10/h5-9,13H,2-4H2,1H3/b11-9+/t13-/m1/s1. The van der Waals surface area contributed by atoms with E-state index in [2.05, 4.69) is 4.74 Å². The maximum absolute atomic E-state index is 12.2. The van der Waals surface area contributed by atoms with Crippen molar-refractivity contribution >= 4 is 29.4 Å². The molecule has 2 rings (SSSR count).